The number of benzene rings is 3. The lowest BCUT2D eigenvalue weighted by atomic mass is 10.1. The second-order valence-electron chi connectivity index (χ2n) is 8.12. The van der Waals surface area contributed by atoms with E-state index < -0.39 is 28.5 Å². The molecule has 190 valence electrons. The fourth-order valence-electron chi connectivity index (χ4n) is 3.54. The molecule has 2 amide bonds. The van der Waals surface area contributed by atoms with Gasteiger partial charge in [0.1, 0.15) is 24.1 Å². The van der Waals surface area contributed by atoms with Crippen molar-refractivity contribution in [2.24, 2.45) is 0 Å². The quantitative estimate of drug-likeness (QED) is 0.392. The van der Waals surface area contributed by atoms with E-state index in [1.807, 2.05) is 54.6 Å². The molecule has 0 fully saturated rings. The van der Waals surface area contributed by atoms with Gasteiger partial charge in [0.2, 0.25) is 21.8 Å². The van der Waals surface area contributed by atoms with Gasteiger partial charge in [-0.15, -0.1) is 0 Å². The van der Waals surface area contributed by atoms with Crippen LogP contribution in [-0.2, 0) is 26.2 Å². The predicted octanol–water partition coefficient (Wildman–Crippen LogP) is 4.17. The van der Waals surface area contributed by atoms with E-state index in [0.29, 0.717) is 17.2 Å². The number of hydrogen-bond acceptors (Lipinski definition) is 5. The lowest BCUT2D eigenvalue weighted by molar-refractivity contribution is -0.139. The Morgan fingerprint density at radius 3 is 2.19 bits per heavy atom. The number of nitrogens with one attached hydrogen (secondary N) is 1. The van der Waals surface area contributed by atoms with Crippen molar-refractivity contribution in [2.45, 2.75) is 19.5 Å². The number of nitrogens with zero attached hydrogens (tertiary/aromatic N) is 2. The maximum Gasteiger partial charge on any atom is 0.244 e. The molecule has 0 spiro atoms. The first-order valence-electron chi connectivity index (χ1n) is 11.1. The van der Waals surface area contributed by atoms with Crippen molar-refractivity contribution in [1.82, 2.24) is 10.2 Å². The first-order valence-corrected chi connectivity index (χ1v) is 13.8. The van der Waals surface area contributed by atoms with Crippen LogP contribution in [0.25, 0.3) is 0 Å². The number of hydrogen-bond donors (Lipinski definition) is 1. The molecule has 0 aromatic heterocycles. The third-order valence-electron chi connectivity index (χ3n) is 5.44. The molecule has 3 aromatic carbocycles. The van der Waals surface area contributed by atoms with Crippen LogP contribution in [0.2, 0.25) is 0 Å². The summed E-state index contributed by atoms with van der Waals surface area (Å²) >= 11 is 3.41. The molecule has 0 saturated carbocycles. The molecule has 0 unspecified atom stereocenters. The Balaban J connectivity index is 1.85. The van der Waals surface area contributed by atoms with Crippen LogP contribution in [0, 0.1) is 0 Å². The molecule has 36 heavy (non-hydrogen) atoms. The van der Waals surface area contributed by atoms with E-state index in [9.17, 15) is 18.0 Å². The molecule has 0 saturated heterocycles. The van der Waals surface area contributed by atoms with Gasteiger partial charge in [0, 0.05) is 18.1 Å². The highest BCUT2D eigenvalue weighted by atomic mass is 79.9. The van der Waals surface area contributed by atoms with Crippen molar-refractivity contribution >= 4 is 43.5 Å². The number of amides is 2. The zero-order chi connectivity index (χ0) is 26.3. The highest BCUT2D eigenvalue weighted by Crippen LogP contribution is 2.26. The van der Waals surface area contributed by atoms with Gasteiger partial charge in [0.05, 0.1) is 11.9 Å². The summed E-state index contributed by atoms with van der Waals surface area (Å²) in [6.45, 7) is 1.27. The SMILES string of the molecule is CNC(=O)[C@H](C)N(Cc1cccc(Br)c1)C(=O)CN(c1ccc(Oc2ccccc2)cc1)S(C)(=O)=O. The predicted molar refractivity (Wildman–Crippen MR) is 143 cm³/mol. The number of halogens is 1. The van der Waals surface area contributed by atoms with Crippen LogP contribution in [0.1, 0.15) is 12.5 Å². The van der Waals surface area contributed by atoms with Crippen molar-refractivity contribution < 1.29 is 22.7 Å². The summed E-state index contributed by atoms with van der Waals surface area (Å²) in [5, 5.41) is 2.55. The van der Waals surface area contributed by atoms with Crippen molar-refractivity contribution in [1.29, 1.82) is 0 Å². The van der Waals surface area contributed by atoms with E-state index in [0.717, 1.165) is 20.6 Å². The fourth-order valence-corrected chi connectivity index (χ4v) is 4.84. The zero-order valence-corrected chi connectivity index (χ0v) is 22.6. The molecule has 0 aliphatic heterocycles. The lowest BCUT2D eigenvalue weighted by Gasteiger charge is -2.31. The lowest BCUT2D eigenvalue weighted by Crippen LogP contribution is -2.50. The molecular weight excluding hydrogens is 546 g/mol. The van der Waals surface area contributed by atoms with Crippen LogP contribution in [0.3, 0.4) is 0 Å². The molecule has 8 nitrogen and oxygen atoms in total. The second kappa shape index (κ2) is 12.0. The van der Waals surface area contributed by atoms with E-state index in [1.54, 1.807) is 31.2 Å². The topological polar surface area (TPSA) is 96.0 Å². The number of ether oxygens (including phenoxy) is 1. The molecular formula is C26H28BrN3O5S. The van der Waals surface area contributed by atoms with Gasteiger partial charge < -0.3 is 15.0 Å². The normalized spacial score (nSPS) is 11.9. The molecule has 1 atom stereocenters. The zero-order valence-electron chi connectivity index (χ0n) is 20.2. The third-order valence-corrected chi connectivity index (χ3v) is 7.07. The van der Waals surface area contributed by atoms with Gasteiger partial charge in [-0.25, -0.2) is 8.42 Å². The first kappa shape index (κ1) is 27.2. The fraction of sp³-hybridized carbons (Fsp3) is 0.231. The maximum atomic E-state index is 13.4. The smallest absolute Gasteiger partial charge is 0.244 e. The van der Waals surface area contributed by atoms with Crippen molar-refractivity contribution in [2.75, 3.05) is 24.2 Å². The van der Waals surface area contributed by atoms with E-state index in [-0.39, 0.29) is 12.5 Å². The van der Waals surface area contributed by atoms with Crippen molar-refractivity contribution in [3.63, 3.8) is 0 Å². The number of rotatable bonds is 10. The molecule has 3 rings (SSSR count). The minimum atomic E-state index is -3.81. The Morgan fingerprint density at radius 2 is 1.61 bits per heavy atom. The highest BCUT2D eigenvalue weighted by molar-refractivity contribution is 9.10. The summed E-state index contributed by atoms with van der Waals surface area (Å²) in [5.74, 6) is 0.300. The molecule has 0 bridgehead atoms. The Kier molecular flexibility index (Phi) is 9.11. The molecule has 0 aliphatic carbocycles. The second-order valence-corrected chi connectivity index (χ2v) is 10.9. The molecule has 0 radical (unpaired) electrons. The van der Waals surface area contributed by atoms with E-state index in [2.05, 4.69) is 21.2 Å². The Hall–Kier alpha value is -3.37. The van der Waals surface area contributed by atoms with Gasteiger partial charge in [0.15, 0.2) is 0 Å². The number of carbonyl (C=O) groups is 2. The van der Waals surface area contributed by atoms with Gasteiger partial charge in [0.25, 0.3) is 0 Å². The standard InChI is InChI=1S/C26H28BrN3O5S/c1-19(26(32)28-2)29(17-20-8-7-9-21(27)16-20)25(31)18-30(36(3,33)34)22-12-14-24(15-13-22)35-23-10-5-4-6-11-23/h4-16,19H,17-18H2,1-3H3,(H,28,32)/t19-/m0/s1. The molecule has 0 aliphatic rings. The van der Waals surface area contributed by atoms with Crippen LogP contribution in [0.15, 0.2) is 83.3 Å². The Bertz CT molecular complexity index is 1300. The van der Waals surface area contributed by atoms with Gasteiger partial charge in [-0.1, -0.05) is 46.3 Å². The maximum absolute atomic E-state index is 13.4. The molecule has 1 N–H and O–H groups in total. The number of carbonyl (C=O) groups excluding carboxylic acids is 2. The largest absolute Gasteiger partial charge is 0.457 e. The third kappa shape index (κ3) is 7.32. The number of likely N-dealkylation sites (N-methyl/N-ethyl adjacent to an activating group) is 1. The number of anilines is 1. The van der Waals surface area contributed by atoms with Crippen molar-refractivity contribution in [3.8, 4) is 11.5 Å². The molecule has 10 heteroatoms. The first-order chi connectivity index (χ1) is 17.1. The van der Waals surface area contributed by atoms with E-state index in [1.165, 1.54) is 11.9 Å². The summed E-state index contributed by atoms with van der Waals surface area (Å²) in [6, 6.07) is 22.2. The summed E-state index contributed by atoms with van der Waals surface area (Å²) in [5.41, 5.74) is 1.10. The summed E-state index contributed by atoms with van der Waals surface area (Å²) in [7, 11) is -2.32. The minimum Gasteiger partial charge on any atom is -0.457 e. The highest BCUT2D eigenvalue weighted by Gasteiger charge is 2.29. The van der Waals surface area contributed by atoms with Gasteiger partial charge in [-0.2, -0.15) is 0 Å². The Morgan fingerprint density at radius 1 is 0.972 bits per heavy atom. The summed E-state index contributed by atoms with van der Waals surface area (Å²) < 4.78 is 33.0. The van der Waals surface area contributed by atoms with Crippen molar-refractivity contribution in [3.05, 3.63) is 88.9 Å². The monoisotopic (exact) mass is 573 g/mol. The number of para-hydroxylation sites is 1. The van der Waals surface area contributed by atoms with Crippen LogP contribution in [-0.4, -0.2) is 51.0 Å². The van der Waals surface area contributed by atoms with E-state index in [4.69, 9.17) is 4.74 Å². The average Bonchev–Trinajstić information content (AvgIpc) is 2.85. The average molecular weight is 574 g/mol. The van der Waals surface area contributed by atoms with Crippen LogP contribution < -0.4 is 14.4 Å². The van der Waals surface area contributed by atoms with Crippen LogP contribution in [0.5, 0.6) is 11.5 Å². The van der Waals surface area contributed by atoms with Gasteiger partial charge in [-0.05, 0) is 61.0 Å². The Labute approximate surface area is 220 Å². The summed E-state index contributed by atoms with van der Waals surface area (Å²) in [6.07, 6.45) is 1.04. The van der Waals surface area contributed by atoms with Gasteiger partial charge >= 0.3 is 0 Å². The van der Waals surface area contributed by atoms with Crippen LogP contribution >= 0.6 is 15.9 Å². The van der Waals surface area contributed by atoms with E-state index >= 15 is 0 Å². The number of sulfonamides is 1. The molecule has 3 aromatic rings. The van der Waals surface area contributed by atoms with Gasteiger partial charge in [-0.3, -0.25) is 13.9 Å². The summed E-state index contributed by atoms with van der Waals surface area (Å²) in [4.78, 5) is 27.2. The minimum absolute atomic E-state index is 0.133. The molecule has 0 heterocycles. The van der Waals surface area contributed by atoms with Crippen LogP contribution in [0.4, 0.5) is 5.69 Å².